The molecule has 0 saturated carbocycles. The van der Waals surface area contributed by atoms with Crippen molar-refractivity contribution in [1.29, 1.82) is 0 Å². The fourth-order valence-corrected chi connectivity index (χ4v) is 2.91. The first kappa shape index (κ1) is 10.8. The third-order valence-electron chi connectivity index (χ3n) is 3.81. The third kappa shape index (κ3) is 1.84. The van der Waals surface area contributed by atoms with Crippen LogP contribution in [0.2, 0.25) is 0 Å². The van der Waals surface area contributed by atoms with E-state index in [1.807, 2.05) is 0 Å². The van der Waals surface area contributed by atoms with Crippen LogP contribution < -0.4 is 0 Å². The standard InChI is InChI=1S/C14H19N3/c1-16-9-5-6-11(10-16)14-15-12-7-3-4-8-13(12)17(14)2/h3-4,7-8,11H,5-6,9-10H2,1-2H3. The Balaban J connectivity index is 2.02. The molecule has 1 aromatic heterocycles. The van der Waals surface area contributed by atoms with E-state index >= 15 is 0 Å². The molecule has 3 rings (SSSR count). The van der Waals surface area contributed by atoms with E-state index in [4.69, 9.17) is 4.98 Å². The van der Waals surface area contributed by atoms with Crippen molar-refractivity contribution in [1.82, 2.24) is 14.5 Å². The molecule has 1 atom stereocenters. The monoisotopic (exact) mass is 229 g/mol. The molecule has 0 amide bonds. The minimum atomic E-state index is 0.589. The first-order valence-corrected chi connectivity index (χ1v) is 6.35. The highest BCUT2D eigenvalue weighted by Crippen LogP contribution is 2.27. The van der Waals surface area contributed by atoms with Crippen LogP contribution in [0.3, 0.4) is 0 Å². The minimum absolute atomic E-state index is 0.589. The lowest BCUT2D eigenvalue weighted by Gasteiger charge is -2.29. The van der Waals surface area contributed by atoms with Crippen LogP contribution in [0.5, 0.6) is 0 Å². The maximum atomic E-state index is 4.81. The molecule has 1 aliphatic heterocycles. The van der Waals surface area contributed by atoms with Gasteiger partial charge in [0.05, 0.1) is 11.0 Å². The number of nitrogens with zero attached hydrogens (tertiary/aromatic N) is 3. The van der Waals surface area contributed by atoms with Gasteiger partial charge in [-0.05, 0) is 38.6 Å². The second kappa shape index (κ2) is 4.15. The molecule has 0 bridgehead atoms. The summed E-state index contributed by atoms with van der Waals surface area (Å²) in [4.78, 5) is 7.22. The first-order valence-electron chi connectivity index (χ1n) is 6.35. The van der Waals surface area contributed by atoms with Crippen molar-refractivity contribution in [2.24, 2.45) is 7.05 Å². The van der Waals surface area contributed by atoms with Crippen LogP contribution in [0.15, 0.2) is 24.3 Å². The molecule has 1 saturated heterocycles. The highest BCUT2D eigenvalue weighted by Gasteiger charge is 2.23. The third-order valence-corrected chi connectivity index (χ3v) is 3.81. The van der Waals surface area contributed by atoms with Crippen molar-refractivity contribution in [3.8, 4) is 0 Å². The predicted octanol–water partition coefficient (Wildman–Crippen LogP) is 2.38. The first-order chi connectivity index (χ1) is 8.25. The molecule has 1 aliphatic rings. The Bertz CT molecular complexity index is 529. The van der Waals surface area contributed by atoms with Crippen LogP contribution in [-0.2, 0) is 7.05 Å². The number of likely N-dealkylation sites (tertiary alicyclic amines) is 1. The molecule has 0 aliphatic carbocycles. The summed E-state index contributed by atoms with van der Waals surface area (Å²) >= 11 is 0. The van der Waals surface area contributed by atoms with Crippen molar-refractivity contribution in [3.63, 3.8) is 0 Å². The van der Waals surface area contributed by atoms with Crippen molar-refractivity contribution in [2.45, 2.75) is 18.8 Å². The van der Waals surface area contributed by atoms with Crippen molar-refractivity contribution in [3.05, 3.63) is 30.1 Å². The molecular formula is C14H19N3. The average Bonchev–Trinajstić information content (AvgIpc) is 2.68. The summed E-state index contributed by atoms with van der Waals surface area (Å²) in [6.45, 7) is 2.36. The fourth-order valence-electron chi connectivity index (χ4n) is 2.91. The van der Waals surface area contributed by atoms with Gasteiger partial charge >= 0.3 is 0 Å². The van der Waals surface area contributed by atoms with Gasteiger partial charge in [0.15, 0.2) is 0 Å². The summed E-state index contributed by atoms with van der Waals surface area (Å²) in [5.41, 5.74) is 2.37. The summed E-state index contributed by atoms with van der Waals surface area (Å²) in [7, 11) is 4.34. The van der Waals surface area contributed by atoms with Crippen LogP contribution in [0.1, 0.15) is 24.6 Å². The topological polar surface area (TPSA) is 21.1 Å². The predicted molar refractivity (Wildman–Crippen MR) is 70.2 cm³/mol. The molecule has 3 heteroatoms. The van der Waals surface area contributed by atoms with Crippen LogP contribution >= 0.6 is 0 Å². The molecule has 90 valence electrons. The van der Waals surface area contributed by atoms with Gasteiger partial charge in [0.2, 0.25) is 0 Å². The van der Waals surface area contributed by atoms with Crippen LogP contribution in [0, 0.1) is 0 Å². The molecular weight excluding hydrogens is 210 g/mol. The van der Waals surface area contributed by atoms with Gasteiger partial charge in [-0.2, -0.15) is 0 Å². The number of fused-ring (bicyclic) bond motifs is 1. The van der Waals surface area contributed by atoms with Crippen LogP contribution in [0.4, 0.5) is 0 Å². The number of benzene rings is 1. The summed E-state index contributed by atoms with van der Waals surface area (Å²) in [5, 5.41) is 0. The highest BCUT2D eigenvalue weighted by molar-refractivity contribution is 5.75. The molecule has 0 radical (unpaired) electrons. The molecule has 1 fully saturated rings. The van der Waals surface area contributed by atoms with E-state index in [2.05, 4.69) is 47.8 Å². The summed E-state index contributed by atoms with van der Waals surface area (Å²) < 4.78 is 2.26. The summed E-state index contributed by atoms with van der Waals surface area (Å²) in [6.07, 6.45) is 2.55. The number of likely N-dealkylation sites (N-methyl/N-ethyl adjacent to an activating group) is 1. The van der Waals surface area contributed by atoms with E-state index < -0.39 is 0 Å². The quantitative estimate of drug-likeness (QED) is 0.748. The number of hydrogen-bond donors (Lipinski definition) is 0. The lowest BCUT2D eigenvalue weighted by Crippen LogP contribution is -2.31. The number of hydrogen-bond acceptors (Lipinski definition) is 2. The molecule has 2 heterocycles. The van der Waals surface area contributed by atoms with E-state index in [9.17, 15) is 0 Å². The van der Waals surface area contributed by atoms with Gasteiger partial charge < -0.3 is 9.47 Å². The number of para-hydroxylation sites is 2. The minimum Gasteiger partial charge on any atom is -0.331 e. The smallest absolute Gasteiger partial charge is 0.114 e. The van der Waals surface area contributed by atoms with Crippen molar-refractivity contribution < 1.29 is 0 Å². The second-order valence-corrected chi connectivity index (χ2v) is 5.12. The number of imidazole rings is 1. The number of rotatable bonds is 1. The number of aromatic nitrogens is 2. The Kier molecular flexibility index (Phi) is 2.63. The Morgan fingerprint density at radius 2 is 2.06 bits per heavy atom. The highest BCUT2D eigenvalue weighted by atomic mass is 15.1. The molecule has 0 spiro atoms. The van der Waals surface area contributed by atoms with Gasteiger partial charge in [0.25, 0.3) is 0 Å². The van der Waals surface area contributed by atoms with Gasteiger partial charge in [0.1, 0.15) is 5.82 Å². The van der Waals surface area contributed by atoms with E-state index in [0.29, 0.717) is 5.92 Å². The van der Waals surface area contributed by atoms with Crippen LogP contribution in [-0.4, -0.2) is 34.6 Å². The lowest BCUT2D eigenvalue weighted by molar-refractivity contribution is 0.244. The van der Waals surface area contributed by atoms with Gasteiger partial charge in [-0.25, -0.2) is 4.98 Å². The maximum Gasteiger partial charge on any atom is 0.114 e. The number of aryl methyl sites for hydroxylation is 1. The lowest BCUT2D eigenvalue weighted by atomic mass is 9.98. The molecule has 1 unspecified atom stereocenters. The van der Waals surface area contributed by atoms with E-state index in [-0.39, 0.29) is 0 Å². The number of piperidine rings is 1. The Morgan fingerprint density at radius 3 is 2.82 bits per heavy atom. The van der Waals surface area contributed by atoms with Crippen molar-refractivity contribution >= 4 is 11.0 Å². The van der Waals surface area contributed by atoms with Gasteiger partial charge in [0, 0.05) is 19.5 Å². The summed E-state index contributed by atoms with van der Waals surface area (Å²) in [5.74, 6) is 1.84. The second-order valence-electron chi connectivity index (χ2n) is 5.12. The van der Waals surface area contributed by atoms with Crippen LogP contribution in [0.25, 0.3) is 11.0 Å². The largest absolute Gasteiger partial charge is 0.331 e. The maximum absolute atomic E-state index is 4.81. The van der Waals surface area contributed by atoms with E-state index in [1.165, 1.54) is 30.7 Å². The molecule has 3 nitrogen and oxygen atoms in total. The van der Waals surface area contributed by atoms with Gasteiger partial charge in [-0.1, -0.05) is 12.1 Å². The Morgan fingerprint density at radius 1 is 1.24 bits per heavy atom. The molecule has 2 aromatic rings. The zero-order valence-electron chi connectivity index (χ0n) is 10.6. The molecule has 1 aromatic carbocycles. The molecule has 0 N–H and O–H groups in total. The SMILES string of the molecule is CN1CCCC(c2nc3ccccc3n2C)C1. The van der Waals surface area contributed by atoms with Crippen molar-refractivity contribution in [2.75, 3.05) is 20.1 Å². The van der Waals surface area contributed by atoms with Gasteiger partial charge in [-0.15, -0.1) is 0 Å². The Labute approximate surface area is 102 Å². The molecule has 17 heavy (non-hydrogen) atoms. The summed E-state index contributed by atoms with van der Waals surface area (Å²) in [6, 6.07) is 8.40. The average molecular weight is 229 g/mol. The van der Waals surface area contributed by atoms with Gasteiger partial charge in [-0.3, -0.25) is 0 Å². The fraction of sp³-hybridized carbons (Fsp3) is 0.500. The zero-order valence-corrected chi connectivity index (χ0v) is 10.6. The normalized spacial score (nSPS) is 22.1. The van der Waals surface area contributed by atoms with E-state index in [0.717, 1.165) is 12.1 Å². The Hall–Kier alpha value is -1.35. The van der Waals surface area contributed by atoms with E-state index in [1.54, 1.807) is 0 Å². The zero-order chi connectivity index (χ0) is 11.8.